The quantitative estimate of drug-likeness (QED) is 0.0305. The number of nitrogens with one attached hydrogen (secondary N) is 5. The molecule has 528 valence electrons. The van der Waals surface area contributed by atoms with Crippen LogP contribution in [0.4, 0.5) is 0 Å². The summed E-state index contributed by atoms with van der Waals surface area (Å²) in [6.07, 6.45) is 8.12. The average Bonchev–Trinajstić information content (AvgIpc) is 1.73. The lowest BCUT2D eigenvalue weighted by atomic mass is 10.0. The Hall–Kier alpha value is -8.31. The number of rotatable bonds is 21. The number of hydrogen-bond donors (Lipinski definition) is 11. The van der Waals surface area contributed by atoms with E-state index in [1.54, 1.807) is 60.7 Å². The van der Waals surface area contributed by atoms with Crippen LogP contribution in [-0.4, -0.2) is 168 Å². The van der Waals surface area contributed by atoms with Crippen molar-refractivity contribution in [1.29, 1.82) is 0 Å². The Labute approximate surface area is 568 Å². The lowest BCUT2D eigenvalue weighted by molar-refractivity contribution is -0.144. The lowest BCUT2D eigenvalue weighted by Crippen LogP contribution is -2.61. The fraction of sp³-hybridized carbons (Fsp3) is 0.471. The molecule has 0 unspecified atom stereocenters. The van der Waals surface area contributed by atoms with Gasteiger partial charge in [0.05, 0.1) is 22.5 Å². The smallest absolute Gasteiger partial charge is 0.294 e. The summed E-state index contributed by atoms with van der Waals surface area (Å²) in [5, 5.41) is 35.0. The summed E-state index contributed by atoms with van der Waals surface area (Å²) in [4.78, 5) is 102. The molecule has 25 nitrogen and oxygen atoms in total. The maximum Gasteiger partial charge on any atom is 0.294 e. The second-order valence-electron chi connectivity index (χ2n) is 24.8. The molecule has 0 radical (unpaired) electrons. The molecule has 5 aromatic carbocycles. The molecule has 3 fully saturated rings. The second kappa shape index (κ2) is 38.0. The predicted molar refractivity (Wildman–Crippen MR) is 366 cm³/mol. The number of unbranched alkanes of at least 4 members (excludes halogenated alkanes) is 6. The van der Waals surface area contributed by atoms with E-state index >= 15 is 0 Å². The van der Waals surface area contributed by atoms with Crippen LogP contribution in [0.1, 0.15) is 137 Å². The van der Waals surface area contributed by atoms with E-state index in [1.807, 2.05) is 38.1 Å². The minimum absolute atomic E-state index is 0.00765. The lowest BCUT2D eigenvalue weighted by Gasteiger charge is -2.32. The molecule has 97 heavy (non-hydrogen) atoms. The van der Waals surface area contributed by atoms with Gasteiger partial charge in [-0.1, -0.05) is 111 Å². The molecule has 3 aliphatic heterocycles. The molecule has 5 aromatic rings. The van der Waals surface area contributed by atoms with Gasteiger partial charge in [-0.05, 0) is 175 Å². The van der Waals surface area contributed by atoms with Crippen LogP contribution < -0.4 is 42.8 Å². The van der Waals surface area contributed by atoms with Crippen LogP contribution in [0.15, 0.2) is 131 Å². The van der Waals surface area contributed by atoms with E-state index in [1.165, 1.54) is 78.8 Å². The highest BCUT2D eigenvalue weighted by Gasteiger charge is 2.43. The van der Waals surface area contributed by atoms with Crippen LogP contribution in [0.25, 0.3) is 11.1 Å². The van der Waals surface area contributed by atoms with Crippen LogP contribution in [-0.2, 0) is 55.4 Å². The molecule has 0 bridgehead atoms. The molecule has 27 heteroatoms. The first kappa shape index (κ1) is 77.7. The summed E-state index contributed by atoms with van der Waals surface area (Å²) in [5.74, 6) is -3.58. The normalized spacial score (nSPS) is 20.9. The largest absolute Gasteiger partial charge is 0.508 e. The van der Waals surface area contributed by atoms with Gasteiger partial charge in [-0.15, -0.1) is 0 Å². The first-order chi connectivity index (χ1) is 46.2. The molecule has 0 saturated carbocycles. The number of benzene rings is 5. The number of nitrogens with two attached hydrogens (primary N) is 2. The van der Waals surface area contributed by atoms with E-state index in [4.69, 9.17) is 25.3 Å². The van der Waals surface area contributed by atoms with Crippen molar-refractivity contribution < 1.29 is 74.5 Å². The van der Waals surface area contributed by atoms with Crippen molar-refractivity contribution in [2.45, 2.75) is 189 Å². The Kier molecular flexibility index (Phi) is 30.4. The molecule has 8 rings (SSSR count). The molecule has 3 aliphatic rings. The van der Waals surface area contributed by atoms with Crippen molar-refractivity contribution in [2.24, 2.45) is 11.5 Å². The molecule has 0 aliphatic carbocycles. The third-order valence-electron chi connectivity index (χ3n) is 17.0. The maximum absolute atomic E-state index is 14.5. The molecular formula is C70H95N9O16S2. The van der Waals surface area contributed by atoms with Crippen LogP contribution in [0.2, 0.25) is 0 Å². The fourth-order valence-corrected chi connectivity index (χ4v) is 12.4. The van der Waals surface area contributed by atoms with Gasteiger partial charge in [0, 0.05) is 31.2 Å². The van der Waals surface area contributed by atoms with Crippen LogP contribution in [0, 0.1) is 13.8 Å². The van der Waals surface area contributed by atoms with Gasteiger partial charge in [-0.3, -0.25) is 42.7 Å². The van der Waals surface area contributed by atoms with Crippen molar-refractivity contribution >= 4 is 61.6 Å². The minimum Gasteiger partial charge on any atom is -0.508 e. The molecular weight excluding hydrogens is 1290 g/mol. The zero-order valence-electron chi connectivity index (χ0n) is 55.6. The summed E-state index contributed by atoms with van der Waals surface area (Å²) in [6, 6.07) is 25.3. The first-order valence-electron chi connectivity index (χ1n) is 33.1. The number of aromatic hydroxyl groups is 1. The van der Waals surface area contributed by atoms with Crippen LogP contribution >= 0.6 is 0 Å². The zero-order chi connectivity index (χ0) is 70.8. The van der Waals surface area contributed by atoms with Crippen molar-refractivity contribution in [3.05, 3.63) is 144 Å². The SMILES string of the molecule is CCCCCCCCOc1ccc(-c2ccc(C(=O)N[C@H]3CCCNC(=O)[C@@H]4C[C@H](N)CN4C(=O)[C@H](CCCCN)NC(=O)[C@H](CCc4ccc(O)cc4)NC(=O)[C@@H]4CCCN4C(=O)[C@H]([C@@H](C)O)NC3=O)cc2)cc1.Cc1ccc(S(=O)(=O)O)cc1.Cc1ccc(S(=O)(=O)O)cc1. The van der Waals surface area contributed by atoms with Crippen LogP contribution in [0.5, 0.6) is 11.5 Å². The molecule has 0 spiro atoms. The highest BCUT2D eigenvalue weighted by atomic mass is 32.2. The summed E-state index contributed by atoms with van der Waals surface area (Å²) in [7, 11) is -8.04. The fourth-order valence-electron chi connectivity index (χ4n) is 11.4. The van der Waals surface area contributed by atoms with E-state index < -0.39 is 110 Å². The number of amides is 7. The van der Waals surface area contributed by atoms with Gasteiger partial charge in [-0.2, -0.15) is 16.8 Å². The average molecular weight is 1380 g/mol. The summed E-state index contributed by atoms with van der Waals surface area (Å²) in [6.45, 7) is 8.41. The van der Waals surface area contributed by atoms with Gasteiger partial charge in [0.25, 0.3) is 26.1 Å². The number of phenols is 1. The topological polar surface area (TPSA) is 397 Å². The van der Waals surface area contributed by atoms with Gasteiger partial charge in [-0.25, -0.2) is 0 Å². The standard InChI is InChI=1S/C56H79N9O10.2C7H8O3S/c1-3-4-5-6-7-10-33-75-43-27-23-39(24-28-43)38-19-21-40(22-20-38)50(68)60-44-14-11-31-59-53(71)48-34-41(58)35-65(48)55(73)46(13-8-9-30-57)62-51(69)45(29-18-37-16-25-42(67)26-17-37)61-54(72)47-15-12-32-64(47)56(74)49(36(2)66)63-52(44)70;2*1-6-2-4-7(5-3-6)11(8,9)10/h16-17,19-28,36,41,44-49,66-67H,3-15,18,29-35,57-58H2,1-2H3,(H,59,71)(H,60,68)(H,61,72)(H,62,69)(H,63,70);2*2-5H,1H3,(H,8,9,10)/t36-,41+,44+,45+,46+,47+,48+,49+;;/m1../s1. The van der Waals surface area contributed by atoms with Crippen molar-refractivity contribution in [3.8, 4) is 22.6 Å². The number of phenolic OH excluding ortho intramolecular Hbond substituents is 1. The van der Waals surface area contributed by atoms with Gasteiger partial charge >= 0.3 is 0 Å². The Morgan fingerprint density at radius 3 is 1.79 bits per heavy atom. The molecule has 3 heterocycles. The van der Waals surface area contributed by atoms with E-state index in [0.29, 0.717) is 32.4 Å². The summed E-state index contributed by atoms with van der Waals surface area (Å²) in [5.41, 5.74) is 16.9. The number of hydrogen-bond acceptors (Lipinski definition) is 16. The summed E-state index contributed by atoms with van der Waals surface area (Å²) >= 11 is 0. The number of aryl methyl sites for hydroxylation is 3. The van der Waals surface area contributed by atoms with Crippen molar-refractivity contribution in [2.75, 3.05) is 32.8 Å². The third-order valence-corrected chi connectivity index (χ3v) is 18.7. The number of carbonyl (C=O) groups excluding carboxylic acids is 7. The number of aliphatic hydroxyl groups excluding tert-OH is 1. The Bertz CT molecular complexity index is 3550. The Balaban J connectivity index is 0.000000567. The third kappa shape index (κ3) is 24.6. The molecule has 7 amide bonds. The Morgan fingerprint density at radius 2 is 1.22 bits per heavy atom. The number of nitrogens with zero attached hydrogens (tertiary/aromatic N) is 2. The number of carbonyl (C=O) groups is 7. The summed E-state index contributed by atoms with van der Waals surface area (Å²) < 4.78 is 65.1. The second-order valence-corrected chi connectivity index (χ2v) is 27.6. The molecule has 8 atom stereocenters. The maximum atomic E-state index is 14.5. The molecule has 13 N–H and O–H groups in total. The van der Waals surface area contributed by atoms with Crippen LogP contribution in [0.3, 0.4) is 0 Å². The Morgan fingerprint density at radius 1 is 0.639 bits per heavy atom. The van der Waals surface area contributed by atoms with Crippen molar-refractivity contribution in [1.82, 2.24) is 36.4 Å². The molecule has 0 aromatic heterocycles. The number of aliphatic hydroxyl groups is 1. The first-order valence-corrected chi connectivity index (χ1v) is 36.0. The van der Waals surface area contributed by atoms with Crippen molar-refractivity contribution in [3.63, 3.8) is 0 Å². The van der Waals surface area contributed by atoms with E-state index in [-0.39, 0.29) is 85.7 Å². The number of fused-ring (bicyclic) bond motifs is 2. The minimum atomic E-state index is -4.02. The van der Waals surface area contributed by atoms with E-state index in [0.717, 1.165) is 46.4 Å². The predicted octanol–water partition coefficient (Wildman–Crippen LogP) is 5.81. The van der Waals surface area contributed by atoms with Gasteiger partial charge in [0.15, 0.2) is 0 Å². The van der Waals surface area contributed by atoms with E-state index in [2.05, 4.69) is 33.5 Å². The van der Waals surface area contributed by atoms with E-state index in [9.17, 15) is 60.6 Å². The van der Waals surface area contributed by atoms with Gasteiger partial charge < -0.3 is 62.8 Å². The molecule has 3 saturated heterocycles. The van der Waals surface area contributed by atoms with Gasteiger partial charge in [0.2, 0.25) is 35.4 Å². The van der Waals surface area contributed by atoms with Gasteiger partial charge in [0.1, 0.15) is 47.8 Å². The zero-order valence-corrected chi connectivity index (χ0v) is 57.2. The monoisotopic (exact) mass is 1380 g/mol. The highest BCUT2D eigenvalue weighted by molar-refractivity contribution is 7.86. The highest BCUT2D eigenvalue weighted by Crippen LogP contribution is 2.26. The number of ether oxygens (including phenoxy) is 1.